The quantitative estimate of drug-likeness (QED) is 0.611. The van der Waals surface area contributed by atoms with Crippen LogP contribution < -0.4 is 5.32 Å². The Hall–Kier alpha value is -2.51. The topological polar surface area (TPSA) is 86.2 Å². The number of carbonyl (C=O) groups excluding carboxylic acids is 2. The van der Waals surface area contributed by atoms with Gasteiger partial charge in [-0.15, -0.1) is 0 Å². The summed E-state index contributed by atoms with van der Waals surface area (Å²) in [6.45, 7) is 2.34. The number of aliphatic imine (C=N–C) groups is 1. The lowest BCUT2D eigenvalue weighted by Gasteiger charge is -2.23. The fourth-order valence-electron chi connectivity index (χ4n) is 2.83. The number of hydrogen-bond acceptors (Lipinski definition) is 7. The second-order valence-corrected chi connectivity index (χ2v) is 6.10. The van der Waals surface area contributed by atoms with Crippen LogP contribution in [-0.2, 0) is 29.5 Å². The molecule has 0 bridgehead atoms. The monoisotopic (exact) mass is 344 g/mol. The van der Waals surface area contributed by atoms with E-state index in [4.69, 9.17) is 14.2 Å². The molecule has 0 amide bonds. The Bertz CT molecular complexity index is 717. The summed E-state index contributed by atoms with van der Waals surface area (Å²) < 4.78 is 16.3. The maximum atomic E-state index is 11.7. The Morgan fingerprint density at radius 1 is 1.44 bits per heavy atom. The number of benzene rings is 1. The van der Waals surface area contributed by atoms with Gasteiger partial charge in [-0.05, 0) is 13.0 Å². The summed E-state index contributed by atoms with van der Waals surface area (Å²) in [4.78, 5) is 27.5. The van der Waals surface area contributed by atoms with E-state index in [1.165, 1.54) is 13.3 Å². The van der Waals surface area contributed by atoms with Crippen molar-refractivity contribution in [2.24, 2.45) is 4.99 Å². The second kappa shape index (κ2) is 6.78. The number of carbonyl (C=O) groups is 2. The van der Waals surface area contributed by atoms with Gasteiger partial charge in [0.2, 0.25) is 5.72 Å². The predicted octanol–water partition coefficient (Wildman–Crippen LogP) is 0.943. The summed E-state index contributed by atoms with van der Waals surface area (Å²) >= 11 is 0. The molecule has 1 fully saturated rings. The van der Waals surface area contributed by atoms with E-state index in [-0.39, 0.29) is 12.7 Å². The van der Waals surface area contributed by atoms with Gasteiger partial charge in [0.05, 0.1) is 13.3 Å². The van der Waals surface area contributed by atoms with E-state index >= 15 is 0 Å². The molecule has 3 atom stereocenters. The molecule has 1 saturated heterocycles. The zero-order valence-electron chi connectivity index (χ0n) is 14.1. The summed E-state index contributed by atoms with van der Waals surface area (Å²) in [5.41, 5.74) is -1.48. The van der Waals surface area contributed by atoms with Gasteiger partial charge in [-0.1, -0.05) is 30.3 Å². The number of nitrogens with zero attached hydrogens (tertiary/aromatic N) is 1. The maximum Gasteiger partial charge on any atom is 0.337 e. The molecule has 132 valence electrons. The average Bonchev–Trinajstić information content (AvgIpc) is 3.25. The van der Waals surface area contributed by atoms with Crippen LogP contribution in [0.25, 0.3) is 0 Å². The molecule has 7 heteroatoms. The molecular weight excluding hydrogens is 324 g/mol. The molecule has 1 aromatic carbocycles. The number of ether oxygens (including phenoxy) is 3. The highest BCUT2D eigenvalue weighted by atomic mass is 16.6. The largest absolute Gasteiger partial charge is 0.489 e. The third-order valence-electron chi connectivity index (χ3n) is 4.23. The Morgan fingerprint density at radius 3 is 2.88 bits per heavy atom. The molecule has 7 nitrogen and oxygen atoms in total. The molecule has 0 spiro atoms. The minimum absolute atomic E-state index is 0.227. The van der Waals surface area contributed by atoms with E-state index in [9.17, 15) is 9.59 Å². The normalized spacial score (nSPS) is 30.8. The predicted molar refractivity (Wildman–Crippen MR) is 90.0 cm³/mol. The maximum absolute atomic E-state index is 11.7. The van der Waals surface area contributed by atoms with Crippen molar-refractivity contribution >= 4 is 18.5 Å². The minimum Gasteiger partial charge on any atom is -0.489 e. The van der Waals surface area contributed by atoms with Crippen molar-refractivity contribution in [1.82, 2.24) is 5.32 Å². The molecule has 2 aliphatic heterocycles. The molecule has 2 aliphatic rings. The number of methoxy groups -OCH3 is 1. The zero-order valence-corrected chi connectivity index (χ0v) is 14.1. The van der Waals surface area contributed by atoms with Crippen molar-refractivity contribution in [2.45, 2.75) is 24.3 Å². The molecule has 1 N–H and O–H groups in total. The van der Waals surface area contributed by atoms with Crippen LogP contribution >= 0.6 is 0 Å². The van der Waals surface area contributed by atoms with Gasteiger partial charge in [-0.25, -0.2) is 4.79 Å². The van der Waals surface area contributed by atoms with Crippen molar-refractivity contribution in [3.63, 3.8) is 0 Å². The number of aldehydes is 1. The number of nitrogens with one attached hydrogen (secondary N) is 1. The van der Waals surface area contributed by atoms with Crippen LogP contribution in [0.4, 0.5) is 0 Å². The SMILES string of the molecule is COC(=O)C1(C)C=C(OCC2CNC(C=O)(c3ccccc3)O2)C=N1. The molecule has 3 unspecified atom stereocenters. The summed E-state index contributed by atoms with van der Waals surface area (Å²) in [7, 11) is 1.32. The Kier molecular flexibility index (Phi) is 4.69. The fraction of sp³-hybridized carbons (Fsp3) is 0.389. The van der Waals surface area contributed by atoms with E-state index in [1.54, 1.807) is 13.0 Å². The van der Waals surface area contributed by atoms with Gasteiger partial charge in [0, 0.05) is 12.1 Å². The van der Waals surface area contributed by atoms with E-state index in [1.807, 2.05) is 30.3 Å². The number of rotatable bonds is 6. The first-order valence-corrected chi connectivity index (χ1v) is 7.95. The van der Waals surface area contributed by atoms with E-state index in [2.05, 4.69) is 10.3 Å². The summed E-state index contributed by atoms with van der Waals surface area (Å²) in [5, 5.41) is 3.11. The highest BCUT2D eigenvalue weighted by Crippen LogP contribution is 2.28. The number of esters is 1. The third-order valence-corrected chi connectivity index (χ3v) is 4.23. The van der Waals surface area contributed by atoms with Crippen LogP contribution in [0.3, 0.4) is 0 Å². The van der Waals surface area contributed by atoms with Crippen molar-refractivity contribution in [2.75, 3.05) is 20.3 Å². The summed E-state index contributed by atoms with van der Waals surface area (Å²) in [6, 6.07) is 9.24. The van der Waals surface area contributed by atoms with Crippen LogP contribution in [0.2, 0.25) is 0 Å². The van der Waals surface area contributed by atoms with Crippen LogP contribution in [0, 0.1) is 0 Å². The van der Waals surface area contributed by atoms with Crippen LogP contribution in [0.1, 0.15) is 12.5 Å². The first-order valence-electron chi connectivity index (χ1n) is 7.95. The molecule has 0 radical (unpaired) electrons. The Balaban J connectivity index is 1.61. The van der Waals surface area contributed by atoms with Gasteiger partial charge in [-0.2, -0.15) is 0 Å². The van der Waals surface area contributed by atoms with Gasteiger partial charge in [0.1, 0.15) is 18.5 Å². The zero-order chi connectivity index (χ0) is 17.9. The lowest BCUT2D eigenvalue weighted by atomic mass is 10.1. The third kappa shape index (κ3) is 3.33. The first kappa shape index (κ1) is 17.3. The lowest BCUT2D eigenvalue weighted by Crippen LogP contribution is -2.39. The highest BCUT2D eigenvalue weighted by Gasteiger charge is 2.42. The number of hydrogen-bond donors (Lipinski definition) is 1. The smallest absolute Gasteiger partial charge is 0.337 e. The van der Waals surface area contributed by atoms with Crippen molar-refractivity contribution in [3.05, 3.63) is 47.7 Å². The first-order chi connectivity index (χ1) is 12.0. The van der Waals surface area contributed by atoms with Gasteiger partial charge in [0.15, 0.2) is 11.8 Å². The standard InChI is InChI=1S/C18H20N2O5/c1-17(16(22)23-2)8-14(9-19-17)24-11-15-10-20-18(12-21,25-15)13-6-4-3-5-7-13/h3-9,12,15,20H,10-11H2,1-2H3. The van der Waals surface area contributed by atoms with Gasteiger partial charge in [0.25, 0.3) is 0 Å². The molecule has 0 saturated carbocycles. The molecule has 0 aromatic heterocycles. The lowest BCUT2D eigenvalue weighted by molar-refractivity contribution is -0.144. The second-order valence-electron chi connectivity index (χ2n) is 6.10. The van der Waals surface area contributed by atoms with Crippen molar-refractivity contribution in [1.29, 1.82) is 0 Å². The van der Waals surface area contributed by atoms with E-state index in [0.717, 1.165) is 11.8 Å². The summed E-state index contributed by atoms with van der Waals surface area (Å²) in [5.74, 6) is 0.0185. The van der Waals surface area contributed by atoms with Gasteiger partial charge in [-0.3, -0.25) is 15.1 Å². The van der Waals surface area contributed by atoms with E-state index in [0.29, 0.717) is 12.3 Å². The van der Waals surface area contributed by atoms with Gasteiger partial charge >= 0.3 is 5.97 Å². The minimum atomic E-state index is -1.16. The molecule has 0 aliphatic carbocycles. The summed E-state index contributed by atoms with van der Waals surface area (Å²) in [6.07, 6.45) is 3.53. The van der Waals surface area contributed by atoms with Crippen LogP contribution in [0.15, 0.2) is 47.2 Å². The van der Waals surface area contributed by atoms with Crippen molar-refractivity contribution < 1.29 is 23.8 Å². The Labute approximate surface area is 145 Å². The molecule has 1 aromatic rings. The fourth-order valence-corrected chi connectivity index (χ4v) is 2.83. The van der Waals surface area contributed by atoms with Crippen molar-refractivity contribution in [3.8, 4) is 0 Å². The Morgan fingerprint density at radius 2 is 2.20 bits per heavy atom. The molecule has 25 heavy (non-hydrogen) atoms. The average molecular weight is 344 g/mol. The van der Waals surface area contributed by atoms with Crippen LogP contribution in [-0.4, -0.2) is 50.4 Å². The molecule has 3 rings (SSSR count). The van der Waals surface area contributed by atoms with E-state index < -0.39 is 17.2 Å². The van der Waals surface area contributed by atoms with Gasteiger partial charge < -0.3 is 14.2 Å². The number of allylic oxidation sites excluding steroid dienone is 1. The molecular formula is C18H20N2O5. The molecule has 2 heterocycles. The van der Waals surface area contributed by atoms with Crippen LogP contribution in [0.5, 0.6) is 0 Å². The highest BCUT2D eigenvalue weighted by molar-refractivity contribution is 5.92.